The smallest absolute Gasteiger partial charge is 0.320 e. The number of benzene rings is 2. The molecule has 1 fully saturated rings. The Balaban J connectivity index is 1.62. The second-order valence-corrected chi connectivity index (χ2v) is 7.94. The standard InChI is InChI=1S/C19H19Cl2NO3S/c20-14-8-7-13(12-15(14)21)26-18-6-2-1-5-17(18)25-11-10-22-9-3-4-16(22)19(23)24/h1-2,5-8,12,16H,3-4,9-11H2,(H,23,24). The van der Waals surface area contributed by atoms with Crippen molar-refractivity contribution in [2.75, 3.05) is 19.7 Å². The number of likely N-dealkylation sites (tertiary alicyclic amines) is 1. The number of carboxylic acid groups (broad SMARTS) is 1. The lowest BCUT2D eigenvalue weighted by Gasteiger charge is -2.21. The number of aliphatic carboxylic acids is 1. The highest BCUT2D eigenvalue weighted by Crippen LogP contribution is 2.37. The molecule has 0 aromatic heterocycles. The first-order chi connectivity index (χ1) is 12.5. The van der Waals surface area contributed by atoms with Crippen molar-refractivity contribution >= 4 is 40.9 Å². The minimum absolute atomic E-state index is 0.389. The van der Waals surface area contributed by atoms with Crippen LogP contribution in [-0.2, 0) is 4.79 Å². The van der Waals surface area contributed by atoms with E-state index in [-0.39, 0.29) is 6.04 Å². The van der Waals surface area contributed by atoms with Gasteiger partial charge in [-0.05, 0) is 49.7 Å². The fraction of sp³-hybridized carbons (Fsp3) is 0.316. The van der Waals surface area contributed by atoms with Gasteiger partial charge in [-0.3, -0.25) is 9.69 Å². The Hall–Kier alpha value is -1.40. The molecule has 0 spiro atoms. The molecule has 1 heterocycles. The summed E-state index contributed by atoms with van der Waals surface area (Å²) >= 11 is 13.6. The van der Waals surface area contributed by atoms with Crippen LogP contribution in [-0.4, -0.2) is 41.7 Å². The number of carboxylic acids is 1. The van der Waals surface area contributed by atoms with Crippen LogP contribution in [0.25, 0.3) is 0 Å². The second kappa shape index (κ2) is 9.00. The SMILES string of the molecule is O=C(O)C1CCCN1CCOc1ccccc1Sc1ccc(Cl)c(Cl)c1. The summed E-state index contributed by atoms with van der Waals surface area (Å²) in [5.74, 6) is 0.0210. The van der Waals surface area contributed by atoms with Crippen LogP contribution in [0.1, 0.15) is 12.8 Å². The zero-order chi connectivity index (χ0) is 18.5. The van der Waals surface area contributed by atoms with Crippen LogP contribution in [0.3, 0.4) is 0 Å². The molecule has 2 aromatic carbocycles. The van der Waals surface area contributed by atoms with Crippen LogP contribution in [0.4, 0.5) is 0 Å². The summed E-state index contributed by atoms with van der Waals surface area (Å²) < 4.78 is 5.94. The Morgan fingerprint density at radius 3 is 2.81 bits per heavy atom. The molecule has 4 nitrogen and oxygen atoms in total. The van der Waals surface area contributed by atoms with Crippen LogP contribution in [0.5, 0.6) is 5.75 Å². The topological polar surface area (TPSA) is 49.8 Å². The minimum atomic E-state index is -0.752. The van der Waals surface area contributed by atoms with Gasteiger partial charge < -0.3 is 9.84 Å². The average Bonchev–Trinajstić information content (AvgIpc) is 3.08. The van der Waals surface area contributed by atoms with E-state index in [1.165, 1.54) is 0 Å². The predicted molar refractivity (Wildman–Crippen MR) is 105 cm³/mol. The molecular formula is C19H19Cl2NO3S. The number of nitrogens with zero attached hydrogens (tertiary/aromatic N) is 1. The zero-order valence-electron chi connectivity index (χ0n) is 14.0. The summed E-state index contributed by atoms with van der Waals surface area (Å²) in [6.07, 6.45) is 1.62. The van der Waals surface area contributed by atoms with E-state index in [0.717, 1.165) is 28.5 Å². The molecular weight excluding hydrogens is 393 g/mol. The first-order valence-electron chi connectivity index (χ1n) is 8.36. The highest BCUT2D eigenvalue weighted by atomic mass is 35.5. The summed E-state index contributed by atoms with van der Waals surface area (Å²) in [6, 6.07) is 12.9. The van der Waals surface area contributed by atoms with E-state index in [1.807, 2.05) is 41.3 Å². The highest BCUT2D eigenvalue weighted by molar-refractivity contribution is 7.99. The molecule has 1 unspecified atom stereocenters. The largest absolute Gasteiger partial charge is 0.491 e. The van der Waals surface area contributed by atoms with Crippen molar-refractivity contribution in [3.05, 3.63) is 52.5 Å². The molecule has 1 aliphatic rings. The van der Waals surface area contributed by atoms with Gasteiger partial charge in [0.15, 0.2) is 0 Å². The molecule has 0 saturated carbocycles. The van der Waals surface area contributed by atoms with Gasteiger partial charge in [0, 0.05) is 11.4 Å². The van der Waals surface area contributed by atoms with Crippen LogP contribution < -0.4 is 4.74 Å². The number of para-hydroxylation sites is 1. The molecule has 26 heavy (non-hydrogen) atoms. The maximum Gasteiger partial charge on any atom is 0.320 e. The predicted octanol–water partition coefficient (Wildman–Crippen LogP) is 5.07. The number of hydrogen-bond acceptors (Lipinski definition) is 4. The van der Waals surface area contributed by atoms with Crippen molar-refractivity contribution in [3.63, 3.8) is 0 Å². The van der Waals surface area contributed by atoms with Crippen molar-refractivity contribution in [2.24, 2.45) is 0 Å². The van der Waals surface area contributed by atoms with Gasteiger partial charge in [-0.25, -0.2) is 0 Å². The number of halogens is 2. The van der Waals surface area contributed by atoms with Gasteiger partial charge in [0.2, 0.25) is 0 Å². The molecule has 0 aliphatic carbocycles. The molecule has 1 saturated heterocycles. The fourth-order valence-corrected chi connectivity index (χ4v) is 4.27. The van der Waals surface area contributed by atoms with E-state index >= 15 is 0 Å². The third-order valence-electron chi connectivity index (χ3n) is 4.25. The van der Waals surface area contributed by atoms with Crippen molar-refractivity contribution in [1.82, 2.24) is 4.90 Å². The molecule has 3 rings (SSSR count). The first kappa shape index (κ1) is 19.4. The van der Waals surface area contributed by atoms with Gasteiger partial charge in [0.05, 0.1) is 14.9 Å². The van der Waals surface area contributed by atoms with Gasteiger partial charge >= 0.3 is 5.97 Å². The second-order valence-electron chi connectivity index (χ2n) is 6.01. The number of ether oxygens (including phenoxy) is 1. The van der Waals surface area contributed by atoms with Crippen LogP contribution in [0.15, 0.2) is 52.3 Å². The first-order valence-corrected chi connectivity index (χ1v) is 9.93. The monoisotopic (exact) mass is 411 g/mol. The quantitative estimate of drug-likeness (QED) is 0.688. The lowest BCUT2D eigenvalue weighted by molar-refractivity contribution is -0.142. The molecule has 0 amide bonds. The normalized spacial score (nSPS) is 17.4. The van der Waals surface area contributed by atoms with Crippen LogP contribution in [0.2, 0.25) is 10.0 Å². The Morgan fingerprint density at radius 2 is 2.04 bits per heavy atom. The van der Waals surface area contributed by atoms with Crippen LogP contribution in [0, 0.1) is 0 Å². The van der Waals surface area contributed by atoms with E-state index in [2.05, 4.69) is 0 Å². The molecule has 0 radical (unpaired) electrons. The van der Waals surface area contributed by atoms with Crippen molar-refractivity contribution in [3.8, 4) is 5.75 Å². The third kappa shape index (κ3) is 4.86. The Bertz CT molecular complexity index is 787. The molecule has 138 valence electrons. The third-order valence-corrected chi connectivity index (χ3v) is 6.04. The molecule has 1 atom stereocenters. The van der Waals surface area contributed by atoms with Crippen LogP contribution >= 0.6 is 35.0 Å². The van der Waals surface area contributed by atoms with Gasteiger partial charge in [-0.15, -0.1) is 0 Å². The number of rotatable bonds is 7. The summed E-state index contributed by atoms with van der Waals surface area (Å²) in [5.41, 5.74) is 0. The van der Waals surface area contributed by atoms with Crippen molar-refractivity contribution in [2.45, 2.75) is 28.7 Å². The van der Waals surface area contributed by atoms with E-state index in [1.54, 1.807) is 17.8 Å². The summed E-state index contributed by atoms with van der Waals surface area (Å²) in [6.45, 7) is 1.85. The molecule has 1 N–H and O–H groups in total. The Kier molecular flexibility index (Phi) is 6.70. The number of hydrogen-bond donors (Lipinski definition) is 1. The average molecular weight is 412 g/mol. The maximum atomic E-state index is 11.2. The molecule has 1 aliphatic heterocycles. The van der Waals surface area contributed by atoms with Crippen molar-refractivity contribution < 1.29 is 14.6 Å². The van der Waals surface area contributed by atoms with Gasteiger partial charge in [0.1, 0.15) is 18.4 Å². The van der Waals surface area contributed by atoms with Gasteiger partial charge in [-0.1, -0.05) is 47.1 Å². The summed E-state index contributed by atoms with van der Waals surface area (Å²) in [5, 5.41) is 10.3. The van der Waals surface area contributed by atoms with E-state index in [9.17, 15) is 9.90 Å². The summed E-state index contributed by atoms with van der Waals surface area (Å²) in [7, 11) is 0. The Labute approximate surface area is 167 Å². The number of carbonyl (C=O) groups is 1. The summed E-state index contributed by atoms with van der Waals surface area (Å²) in [4.78, 5) is 15.2. The zero-order valence-corrected chi connectivity index (χ0v) is 16.4. The minimum Gasteiger partial charge on any atom is -0.491 e. The molecule has 7 heteroatoms. The lowest BCUT2D eigenvalue weighted by Crippen LogP contribution is -2.38. The van der Waals surface area contributed by atoms with E-state index in [4.69, 9.17) is 27.9 Å². The van der Waals surface area contributed by atoms with Crippen molar-refractivity contribution in [1.29, 1.82) is 0 Å². The van der Waals surface area contributed by atoms with E-state index in [0.29, 0.717) is 29.6 Å². The fourth-order valence-electron chi connectivity index (χ4n) is 2.97. The lowest BCUT2D eigenvalue weighted by atomic mass is 10.2. The maximum absolute atomic E-state index is 11.2. The van der Waals surface area contributed by atoms with E-state index < -0.39 is 5.97 Å². The molecule has 0 bridgehead atoms. The molecule has 2 aromatic rings. The van der Waals surface area contributed by atoms with Gasteiger partial charge in [0.25, 0.3) is 0 Å². The van der Waals surface area contributed by atoms with Gasteiger partial charge in [-0.2, -0.15) is 0 Å². The highest BCUT2D eigenvalue weighted by Gasteiger charge is 2.29. The Morgan fingerprint density at radius 1 is 1.23 bits per heavy atom.